The maximum Gasteiger partial charge on any atom is 0.323 e. The number of amides is 1. The van der Waals surface area contributed by atoms with Gasteiger partial charge in [0.25, 0.3) is 5.91 Å². The van der Waals surface area contributed by atoms with E-state index >= 15 is 0 Å². The van der Waals surface area contributed by atoms with Crippen LogP contribution in [0.25, 0.3) is 17.1 Å². The van der Waals surface area contributed by atoms with Gasteiger partial charge in [-0.3, -0.25) is 9.59 Å². The van der Waals surface area contributed by atoms with Crippen molar-refractivity contribution in [2.45, 2.75) is 0 Å². The zero-order valence-electron chi connectivity index (χ0n) is 13.5. The minimum atomic E-state index is -1.10. The quantitative estimate of drug-likeness (QED) is 0.771. The summed E-state index contributed by atoms with van der Waals surface area (Å²) >= 11 is 0. The van der Waals surface area contributed by atoms with Crippen LogP contribution in [-0.2, 0) is 4.79 Å². The van der Waals surface area contributed by atoms with Crippen molar-refractivity contribution in [1.29, 1.82) is 0 Å². The van der Waals surface area contributed by atoms with Crippen LogP contribution in [0.1, 0.15) is 10.6 Å². The van der Waals surface area contributed by atoms with Gasteiger partial charge in [0.1, 0.15) is 6.54 Å². The predicted molar refractivity (Wildman–Crippen MR) is 91.4 cm³/mol. The second kappa shape index (κ2) is 6.96. The number of hydrogen-bond donors (Lipinski definition) is 1. The number of para-hydroxylation sites is 1. The fourth-order valence-corrected chi connectivity index (χ4v) is 2.37. The molecule has 0 saturated carbocycles. The summed E-state index contributed by atoms with van der Waals surface area (Å²) in [5.41, 5.74) is 1.56. The second-order valence-corrected chi connectivity index (χ2v) is 5.43. The van der Waals surface area contributed by atoms with E-state index in [1.807, 2.05) is 60.7 Å². The summed E-state index contributed by atoms with van der Waals surface area (Å²) in [5.74, 6) is -1.18. The first-order valence-electron chi connectivity index (χ1n) is 7.61. The minimum Gasteiger partial charge on any atom is -0.480 e. The van der Waals surface area contributed by atoms with E-state index in [2.05, 4.69) is 10.1 Å². The van der Waals surface area contributed by atoms with Crippen molar-refractivity contribution >= 4 is 11.9 Å². The topological polar surface area (TPSA) is 88.3 Å². The Morgan fingerprint density at radius 2 is 1.64 bits per heavy atom. The van der Waals surface area contributed by atoms with Gasteiger partial charge in [0.2, 0.25) is 5.82 Å². The summed E-state index contributed by atoms with van der Waals surface area (Å²) < 4.78 is 1.58. The van der Waals surface area contributed by atoms with Crippen molar-refractivity contribution < 1.29 is 14.7 Å². The Balaban J connectivity index is 2.06. The van der Waals surface area contributed by atoms with Gasteiger partial charge < -0.3 is 10.0 Å². The van der Waals surface area contributed by atoms with E-state index in [4.69, 9.17) is 5.11 Å². The molecule has 1 amide bonds. The molecule has 0 aliphatic heterocycles. The van der Waals surface area contributed by atoms with Crippen LogP contribution in [0.5, 0.6) is 0 Å². The molecule has 2 aromatic carbocycles. The number of carboxylic acids is 1. The minimum absolute atomic E-state index is 0.0496. The molecule has 0 fully saturated rings. The average Bonchev–Trinajstić information content (AvgIpc) is 3.07. The second-order valence-electron chi connectivity index (χ2n) is 5.43. The molecular weight excluding hydrogens is 320 g/mol. The van der Waals surface area contributed by atoms with Crippen LogP contribution in [-0.4, -0.2) is 50.2 Å². The van der Waals surface area contributed by atoms with Crippen LogP contribution in [0.15, 0.2) is 60.7 Å². The van der Waals surface area contributed by atoms with Crippen LogP contribution in [0.2, 0.25) is 0 Å². The van der Waals surface area contributed by atoms with Gasteiger partial charge in [-0.25, -0.2) is 9.67 Å². The third kappa shape index (κ3) is 3.55. The Hall–Kier alpha value is -3.48. The summed E-state index contributed by atoms with van der Waals surface area (Å²) in [6.07, 6.45) is 0. The van der Waals surface area contributed by atoms with Gasteiger partial charge >= 0.3 is 5.97 Å². The van der Waals surface area contributed by atoms with Crippen molar-refractivity contribution in [2.75, 3.05) is 13.6 Å². The van der Waals surface area contributed by atoms with Gasteiger partial charge in [0, 0.05) is 12.6 Å². The van der Waals surface area contributed by atoms with Crippen molar-refractivity contribution in [2.24, 2.45) is 0 Å². The van der Waals surface area contributed by atoms with Crippen molar-refractivity contribution in [3.05, 3.63) is 66.5 Å². The summed E-state index contributed by atoms with van der Waals surface area (Å²) in [6.45, 7) is -0.417. The third-order valence-corrected chi connectivity index (χ3v) is 3.55. The molecular formula is C18H16N4O3. The Morgan fingerprint density at radius 3 is 2.24 bits per heavy atom. The molecule has 1 aromatic heterocycles. The van der Waals surface area contributed by atoms with Gasteiger partial charge in [-0.2, -0.15) is 0 Å². The largest absolute Gasteiger partial charge is 0.480 e. The average molecular weight is 336 g/mol. The lowest BCUT2D eigenvalue weighted by Gasteiger charge is -2.11. The number of carbonyl (C=O) groups excluding carboxylic acids is 1. The van der Waals surface area contributed by atoms with Crippen molar-refractivity contribution in [3.63, 3.8) is 0 Å². The highest BCUT2D eigenvalue weighted by Gasteiger charge is 2.22. The highest BCUT2D eigenvalue weighted by Crippen LogP contribution is 2.21. The maximum atomic E-state index is 12.4. The molecule has 0 radical (unpaired) electrons. The molecule has 3 aromatic rings. The fourth-order valence-electron chi connectivity index (χ4n) is 2.37. The van der Waals surface area contributed by atoms with Crippen LogP contribution in [0.3, 0.4) is 0 Å². The van der Waals surface area contributed by atoms with E-state index in [0.29, 0.717) is 5.82 Å². The van der Waals surface area contributed by atoms with E-state index in [1.54, 1.807) is 4.68 Å². The Kier molecular flexibility index (Phi) is 4.56. The molecule has 25 heavy (non-hydrogen) atoms. The van der Waals surface area contributed by atoms with Crippen LogP contribution in [0, 0.1) is 0 Å². The molecule has 7 heteroatoms. The van der Waals surface area contributed by atoms with Gasteiger partial charge in [-0.05, 0) is 12.1 Å². The molecule has 0 spiro atoms. The van der Waals surface area contributed by atoms with Gasteiger partial charge in [-0.1, -0.05) is 48.5 Å². The summed E-state index contributed by atoms with van der Waals surface area (Å²) in [7, 11) is 1.40. The summed E-state index contributed by atoms with van der Waals surface area (Å²) in [4.78, 5) is 28.7. The first kappa shape index (κ1) is 16.4. The number of benzene rings is 2. The number of nitrogens with zero attached hydrogens (tertiary/aromatic N) is 4. The smallest absolute Gasteiger partial charge is 0.323 e. The maximum absolute atomic E-state index is 12.4. The molecule has 0 bridgehead atoms. The number of aliphatic carboxylic acids is 1. The van der Waals surface area contributed by atoms with E-state index in [9.17, 15) is 9.59 Å². The molecule has 0 atom stereocenters. The number of aromatic nitrogens is 3. The monoisotopic (exact) mass is 336 g/mol. The van der Waals surface area contributed by atoms with Crippen molar-refractivity contribution in [1.82, 2.24) is 19.7 Å². The molecule has 3 rings (SSSR count). The lowest BCUT2D eigenvalue weighted by atomic mass is 10.2. The van der Waals surface area contributed by atoms with E-state index in [1.165, 1.54) is 7.05 Å². The van der Waals surface area contributed by atoms with Crippen LogP contribution in [0.4, 0.5) is 0 Å². The Bertz CT molecular complexity index is 834. The van der Waals surface area contributed by atoms with Crippen molar-refractivity contribution in [3.8, 4) is 17.1 Å². The lowest BCUT2D eigenvalue weighted by Crippen LogP contribution is -2.32. The number of hydrogen-bond acceptors (Lipinski definition) is 4. The zero-order chi connectivity index (χ0) is 17.8. The number of likely N-dealkylation sites (N-methyl/N-ethyl adjacent to an activating group) is 1. The van der Waals surface area contributed by atoms with Gasteiger partial charge in [0.15, 0.2) is 5.82 Å². The molecule has 1 heterocycles. The van der Waals surface area contributed by atoms with Gasteiger partial charge in [0.05, 0.1) is 5.69 Å². The predicted octanol–water partition coefficient (Wildman–Crippen LogP) is 2.09. The molecule has 1 N–H and O–H groups in total. The van der Waals surface area contributed by atoms with E-state index in [0.717, 1.165) is 16.2 Å². The first-order chi connectivity index (χ1) is 12.1. The third-order valence-electron chi connectivity index (χ3n) is 3.55. The zero-order valence-corrected chi connectivity index (χ0v) is 13.5. The number of carbonyl (C=O) groups is 2. The first-order valence-corrected chi connectivity index (χ1v) is 7.61. The molecule has 0 aliphatic carbocycles. The lowest BCUT2D eigenvalue weighted by molar-refractivity contribution is -0.137. The van der Waals surface area contributed by atoms with Crippen LogP contribution >= 0.6 is 0 Å². The summed E-state index contributed by atoms with van der Waals surface area (Å²) in [6, 6.07) is 18.7. The summed E-state index contributed by atoms with van der Waals surface area (Å²) in [5, 5.41) is 13.2. The molecule has 0 unspecified atom stereocenters. The highest BCUT2D eigenvalue weighted by atomic mass is 16.4. The van der Waals surface area contributed by atoms with E-state index < -0.39 is 18.4 Å². The van der Waals surface area contributed by atoms with Crippen LogP contribution < -0.4 is 0 Å². The molecule has 0 aliphatic rings. The van der Waals surface area contributed by atoms with E-state index in [-0.39, 0.29) is 5.82 Å². The molecule has 0 saturated heterocycles. The molecule has 7 nitrogen and oxygen atoms in total. The highest BCUT2D eigenvalue weighted by molar-refractivity contribution is 5.92. The standard InChI is InChI=1S/C18H16N4O3/c1-21(12-15(23)24)18(25)16-19-17(13-8-4-2-5-9-13)22(20-16)14-10-6-3-7-11-14/h2-11H,12H2,1H3,(H,23,24). The molecule has 126 valence electrons. The SMILES string of the molecule is CN(CC(=O)O)C(=O)c1nc(-c2ccccc2)n(-c2ccccc2)n1. The van der Waals surface area contributed by atoms with Gasteiger partial charge in [-0.15, -0.1) is 5.10 Å². The Labute approximate surface area is 144 Å². The Morgan fingerprint density at radius 1 is 1.04 bits per heavy atom. The normalized spacial score (nSPS) is 10.4. The number of carboxylic acid groups (broad SMARTS) is 1. The fraction of sp³-hybridized carbons (Fsp3) is 0.111. The number of rotatable bonds is 5.